The highest BCUT2D eigenvalue weighted by atomic mass is 32.2. The van der Waals surface area contributed by atoms with E-state index >= 15 is 0 Å². The van der Waals surface area contributed by atoms with Crippen molar-refractivity contribution in [3.05, 3.63) is 41.4 Å². The topological polar surface area (TPSA) is 68.9 Å². The minimum atomic E-state index is -0.408. The first-order valence-electron chi connectivity index (χ1n) is 4.54. The number of hydrogen-bond acceptors (Lipinski definition) is 5. The first kappa shape index (κ1) is 11.1. The molecule has 0 spiro atoms. The van der Waals surface area contributed by atoms with Crippen LogP contribution in [-0.2, 0) is 4.79 Å². The number of hydrogen-bond donors (Lipinski definition) is 1. The number of nitrogens with two attached hydrogens (primary N) is 1. The summed E-state index contributed by atoms with van der Waals surface area (Å²) in [6, 6.07) is 9.42. The first-order valence-corrected chi connectivity index (χ1v) is 6.30. The molecule has 2 N–H and O–H groups in total. The molecule has 4 nitrogen and oxygen atoms in total. The second-order valence-corrected chi connectivity index (χ2v) is 5.20. The first-order chi connectivity index (χ1) is 7.77. The molecule has 0 radical (unpaired) electrons. The summed E-state index contributed by atoms with van der Waals surface area (Å²) in [4.78, 5) is 11.4. The van der Waals surface area contributed by atoms with Gasteiger partial charge in [-0.25, -0.2) is 0 Å². The van der Waals surface area contributed by atoms with Gasteiger partial charge in [0.05, 0.1) is 0 Å². The van der Waals surface area contributed by atoms with Crippen LogP contribution in [0.2, 0.25) is 0 Å². The molecule has 0 fully saturated rings. The number of primary amides is 1. The standard InChI is InChI=1S/C10H9N3OS2/c11-9(14)8(7-4-2-1-3-5-7)16-10-13-12-6-15-10/h1-6,8H,(H2,11,14)/t8-/m1/s1. The second-order valence-electron chi connectivity index (χ2n) is 3.02. The van der Waals surface area contributed by atoms with Gasteiger partial charge in [-0.3, -0.25) is 4.79 Å². The largest absolute Gasteiger partial charge is 0.368 e. The third-order valence-electron chi connectivity index (χ3n) is 1.92. The van der Waals surface area contributed by atoms with Crippen molar-refractivity contribution in [2.24, 2.45) is 5.73 Å². The summed E-state index contributed by atoms with van der Waals surface area (Å²) in [5.74, 6) is -0.369. The van der Waals surface area contributed by atoms with Gasteiger partial charge in [-0.1, -0.05) is 53.4 Å². The zero-order chi connectivity index (χ0) is 11.4. The van der Waals surface area contributed by atoms with Crippen molar-refractivity contribution in [2.45, 2.75) is 9.59 Å². The molecule has 1 aromatic heterocycles. The Bertz CT molecular complexity index is 458. The van der Waals surface area contributed by atoms with Crippen molar-refractivity contribution >= 4 is 29.0 Å². The van der Waals surface area contributed by atoms with Gasteiger partial charge in [0.1, 0.15) is 10.8 Å². The van der Waals surface area contributed by atoms with E-state index in [2.05, 4.69) is 10.2 Å². The molecule has 2 rings (SSSR count). The lowest BCUT2D eigenvalue weighted by atomic mass is 10.1. The van der Waals surface area contributed by atoms with Crippen LogP contribution in [0.15, 0.2) is 40.2 Å². The number of benzene rings is 1. The lowest BCUT2D eigenvalue weighted by Gasteiger charge is -2.10. The van der Waals surface area contributed by atoms with E-state index in [0.29, 0.717) is 0 Å². The zero-order valence-electron chi connectivity index (χ0n) is 8.24. The van der Waals surface area contributed by atoms with E-state index in [1.807, 2.05) is 30.3 Å². The normalized spacial score (nSPS) is 12.2. The number of carbonyl (C=O) groups is 1. The average molecular weight is 251 g/mol. The summed E-state index contributed by atoms with van der Waals surface area (Å²) < 4.78 is 0.743. The molecule has 0 bridgehead atoms. The van der Waals surface area contributed by atoms with E-state index in [-0.39, 0.29) is 5.91 Å². The lowest BCUT2D eigenvalue weighted by molar-refractivity contribution is -0.117. The summed E-state index contributed by atoms with van der Waals surface area (Å²) >= 11 is 2.72. The van der Waals surface area contributed by atoms with Gasteiger partial charge in [0, 0.05) is 0 Å². The van der Waals surface area contributed by atoms with Gasteiger partial charge in [-0.05, 0) is 5.56 Å². The Balaban J connectivity index is 2.22. The van der Waals surface area contributed by atoms with Crippen molar-refractivity contribution < 1.29 is 4.79 Å². The molecule has 82 valence electrons. The minimum Gasteiger partial charge on any atom is -0.368 e. The number of nitrogens with zero attached hydrogens (tertiary/aromatic N) is 2. The van der Waals surface area contributed by atoms with Crippen LogP contribution in [0.3, 0.4) is 0 Å². The SMILES string of the molecule is NC(=O)[C@H](Sc1nncs1)c1ccccc1. The van der Waals surface area contributed by atoms with Crippen molar-refractivity contribution in [3.8, 4) is 0 Å². The van der Waals surface area contributed by atoms with Crippen LogP contribution in [-0.4, -0.2) is 16.1 Å². The van der Waals surface area contributed by atoms with Gasteiger partial charge in [0.25, 0.3) is 0 Å². The van der Waals surface area contributed by atoms with Crippen molar-refractivity contribution in [2.75, 3.05) is 0 Å². The van der Waals surface area contributed by atoms with Crippen LogP contribution < -0.4 is 5.73 Å². The fraction of sp³-hybridized carbons (Fsp3) is 0.100. The number of rotatable bonds is 4. The number of carbonyl (C=O) groups excluding carboxylic acids is 1. The van der Waals surface area contributed by atoms with Crippen molar-refractivity contribution in [1.29, 1.82) is 0 Å². The van der Waals surface area contributed by atoms with Crippen LogP contribution in [0, 0.1) is 0 Å². The maximum Gasteiger partial charge on any atom is 0.235 e. The van der Waals surface area contributed by atoms with E-state index in [9.17, 15) is 4.79 Å². The van der Waals surface area contributed by atoms with E-state index < -0.39 is 5.25 Å². The third-order valence-corrected chi connectivity index (χ3v) is 4.00. The highest BCUT2D eigenvalue weighted by Crippen LogP contribution is 2.35. The summed E-state index contributed by atoms with van der Waals surface area (Å²) in [6.07, 6.45) is 0. The van der Waals surface area contributed by atoms with Crippen molar-refractivity contribution in [1.82, 2.24) is 10.2 Å². The van der Waals surface area contributed by atoms with E-state index in [1.165, 1.54) is 23.1 Å². The van der Waals surface area contributed by atoms with Crippen LogP contribution >= 0.6 is 23.1 Å². The molecule has 1 heterocycles. The van der Waals surface area contributed by atoms with Gasteiger partial charge in [0.2, 0.25) is 5.91 Å². The van der Waals surface area contributed by atoms with Crippen LogP contribution in [0.1, 0.15) is 10.8 Å². The van der Waals surface area contributed by atoms with Gasteiger partial charge in [-0.15, -0.1) is 10.2 Å². The highest BCUT2D eigenvalue weighted by molar-refractivity contribution is 8.01. The molecular weight excluding hydrogens is 242 g/mol. The highest BCUT2D eigenvalue weighted by Gasteiger charge is 2.20. The van der Waals surface area contributed by atoms with Gasteiger partial charge in [0.15, 0.2) is 4.34 Å². The molecule has 1 atom stereocenters. The molecule has 0 unspecified atom stereocenters. The van der Waals surface area contributed by atoms with Crippen LogP contribution in [0.4, 0.5) is 0 Å². The lowest BCUT2D eigenvalue weighted by Crippen LogP contribution is -2.18. The fourth-order valence-electron chi connectivity index (χ4n) is 1.23. The van der Waals surface area contributed by atoms with Crippen LogP contribution in [0.5, 0.6) is 0 Å². The number of aromatic nitrogens is 2. The Morgan fingerprint density at radius 3 is 2.69 bits per heavy atom. The summed E-state index contributed by atoms with van der Waals surface area (Å²) in [5.41, 5.74) is 7.90. The third kappa shape index (κ3) is 2.59. The Morgan fingerprint density at radius 2 is 2.12 bits per heavy atom. The Kier molecular flexibility index (Phi) is 3.53. The Hall–Kier alpha value is -1.40. The molecule has 16 heavy (non-hydrogen) atoms. The summed E-state index contributed by atoms with van der Waals surface area (Å²) in [5, 5.41) is 7.20. The molecule has 0 aliphatic carbocycles. The molecule has 0 saturated carbocycles. The molecule has 0 saturated heterocycles. The zero-order valence-corrected chi connectivity index (χ0v) is 9.87. The molecule has 1 aromatic carbocycles. The number of amides is 1. The molecule has 2 aromatic rings. The predicted molar refractivity (Wildman–Crippen MR) is 64.1 cm³/mol. The van der Waals surface area contributed by atoms with Crippen LogP contribution in [0.25, 0.3) is 0 Å². The molecular formula is C10H9N3OS2. The molecule has 1 amide bonds. The summed E-state index contributed by atoms with van der Waals surface area (Å²) in [7, 11) is 0. The Morgan fingerprint density at radius 1 is 1.38 bits per heavy atom. The van der Waals surface area contributed by atoms with Gasteiger partial charge < -0.3 is 5.73 Å². The van der Waals surface area contributed by atoms with E-state index in [4.69, 9.17) is 5.73 Å². The quantitative estimate of drug-likeness (QED) is 0.842. The monoisotopic (exact) mass is 251 g/mol. The van der Waals surface area contributed by atoms with Crippen molar-refractivity contribution in [3.63, 3.8) is 0 Å². The molecule has 0 aliphatic rings. The predicted octanol–water partition coefficient (Wildman–Crippen LogP) is 1.86. The van der Waals surface area contributed by atoms with E-state index in [1.54, 1.807) is 5.51 Å². The van der Waals surface area contributed by atoms with E-state index in [0.717, 1.165) is 9.90 Å². The number of thioether (sulfide) groups is 1. The Labute approximate surface area is 101 Å². The van der Waals surface area contributed by atoms with Gasteiger partial charge in [-0.2, -0.15) is 0 Å². The van der Waals surface area contributed by atoms with Gasteiger partial charge >= 0.3 is 0 Å². The minimum absolute atomic E-state index is 0.369. The fourth-order valence-corrected chi connectivity index (χ4v) is 2.86. The second kappa shape index (κ2) is 5.09. The average Bonchev–Trinajstić information content (AvgIpc) is 2.79. The molecule has 0 aliphatic heterocycles. The summed E-state index contributed by atoms with van der Waals surface area (Å²) in [6.45, 7) is 0. The maximum absolute atomic E-state index is 11.4. The maximum atomic E-state index is 11.4. The molecule has 6 heteroatoms. The smallest absolute Gasteiger partial charge is 0.235 e.